The Morgan fingerprint density at radius 3 is 2.07 bits per heavy atom. The fourth-order valence-corrected chi connectivity index (χ4v) is 3.17. The molecule has 2 amide bonds. The van der Waals surface area contributed by atoms with Crippen molar-refractivity contribution in [3.63, 3.8) is 0 Å². The molecule has 140 valence electrons. The molecule has 2 aromatic rings. The van der Waals surface area contributed by atoms with Gasteiger partial charge in [0.25, 0.3) is 0 Å². The average molecular weight is 362 g/mol. The van der Waals surface area contributed by atoms with Crippen LogP contribution in [-0.4, -0.2) is 37.1 Å². The van der Waals surface area contributed by atoms with Crippen LogP contribution in [0, 0.1) is 11.3 Å². The van der Waals surface area contributed by atoms with Crippen molar-refractivity contribution in [2.45, 2.75) is 26.2 Å². The van der Waals surface area contributed by atoms with Gasteiger partial charge in [-0.25, -0.2) is 4.79 Å². The number of carbonyl (C=O) groups excluding carboxylic acids is 1. The molecule has 0 atom stereocenters. The summed E-state index contributed by atoms with van der Waals surface area (Å²) in [5.41, 5.74) is 3.97. The number of rotatable bonds is 2. The predicted octanol–water partition coefficient (Wildman–Crippen LogP) is 4.21. The highest BCUT2D eigenvalue weighted by molar-refractivity contribution is 5.89. The molecule has 1 heterocycles. The first-order chi connectivity index (χ1) is 12.9. The van der Waals surface area contributed by atoms with Gasteiger partial charge < -0.3 is 15.1 Å². The highest BCUT2D eigenvalue weighted by Crippen LogP contribution is 2.25. The van der Waals surface area contributed by atoms with Crippen molar-refractivity contribution < 1.29 is 4.79 Å². The van der Waals surface area contributed by atoms with Crippen LogP contribution in [0.25, 0.3) is 0 Å². The molecule has 1 fully saturated rings. The normalized spacial score (nSPS) is 14.6. The van der Waals surface area contributed by atoms with Crippen LogP contribution < -0.4 is 10.2 Å². The van der Waals surface area contributed by atoms with Crippen LogP contribution >= 0.6 is 0 Å². The van der Waals surface area contributed by atoms with Gasteiger partial charge in [-0.3, -0.25) is 0 Å². The topological polar surface area (TPSA) is 59.4 Å². The Labute approximate surface area is 161 Å². The Hall–Kier alpha value is -3.00. The van der Waals surface area contributed by atoms with Crippen molar-refractivity contribution in [2.75, 3.05) is 36.4 Å². The minimum absolute atomic E-state index is 0.0950. The van der Waals surface area contributed by atoms with E-state index >= 15 is 0 Å². The van der Waals surface area contributed by atoms with Gasteiger partial charge in [-0.05, 0) is 47.4 Å². The number of nitrogens with zero attached hydrogens (tertiary/aromatic N) is 3. The summed E-state index contributed by atoms with van der Waals surface area (Å²) in [6.45, 7) is 9.64. The molecule has 0 radical (unpaired) electrons. The zero-order valence-electron chi connectivity index (χ0n) is 16.2. The van der Waals surface area contributed by atoms with Crippen molar-refractivity contribution in [1.82, 2.24) is 4.90 Å². The Kier molecular flexibility index (Phi) is 5.36. The van der Waals surface area contributed by atoms with E-state index in [1.165, 1.54) is 11.3 Å². The van der Waals surface area contributed by atoms with Gasteiger partial charge in [-0.15, -0.1) is 0 Å². The molecule has 3 rings (SSSR count). The first-order valence-electron chi connectivity index (χ1n) is 9.28. The van der Waals surface area contributed by atoms with Gasteiger partial charge in [0.2, 0.25) is 0 Å². The van der Waals surface area contributed by atoms with Crippen molar-refractivity contribution in [1.29, 1.82) is 5.26 Å². The highest BCUT2D eigenvalue weighted by Gasteiger charge is 2.22. The standard InChI is InChI=1S/C22H26N4O/c1-22(2,3)18-6-10-20(11-7-18)25-12-14-26(15-13-25)21(27)24-19-8-4-17(16-23)5-9-19/h4-11H,12-15H2,1-3H3,(H,24,27). The number of piperazine rings is 1. The summed E-state index contributed by atoms with van der Waals surface area (Å²) < 4.78 is 0. The second-order valence-electron chi connectivity index (χ2n) is 7.89. The summed E-state index contributed by atoms with van der Waals surface area (Å²) in [6, 6.07) is 17.6. The van der Waals surface area contributed by atoms with Gasteiger partial charge in [-0.2, -0.15) is 5.26 Å². The lowest BCUT2D eigenvalue weighted by Crippen LogP contribution is -2.50. The van der Waals surface area contributed by atoms with Crippen molar-refractivity contribution in [3.05, 3.63) is 59.7 Å². The average Bonchev–Trinajstić information content (AvgIpc) is 2.68. The molecule has 1 N–H and O–H groups in total. The van der Waals surface area contributed by atoms with E-state index in [1.54, 1.807) is 24.3 Å². The maximum absolute atomic E-state index is 12.5. The third-order valence-corrected chi connectivity index (χ3v) is 4.93. The minimum atomic E-state index is -0.0950. The summed E-state index contributed by atoms with van der Waals surface area (Å²) in [4.78, 5) is 16.6. The number of hydrogen-bond donors (Lipinski definition) is 1. The Morgan fingerprint density at radius 2 is 1.56 bits per heavy atom. The number of nitrogens with one attached hydrogen (secondary N) is 1. The van der Waals surface area contributed by atoms with E-state index in [2.05, 4.69) is 61.3 Å². The molecule has 1 aliphatic heterocycles. The quantitative estimate of drug-likeness (QED) is 0.870. The van der Waals surface area contributed by atoms with Gasteiger partial charge in [-0.1, -0.05) is 32.9 Å². The Morgan fingerprint density at radius 1 is 0.963 bits per heavy atom. The van der Waals surface area contributed by atoms with Crippen LogP contribution in [-0.2, 0) is 5.41 Å². The number of amides is 2. The number of anilines is 2. The zero-order valence-corrected chi connectivity index (χ0v) is 16.2. The molecule has 0 aliphatic carbocycles. The van der Waals surface area contributed by atoms with Gasteiger partial charge in [0.05, 0.1) is 11.6 Å². The molecule has 5 nitrogen and oxygen atoms in total. The molecular formula is C22H26N4O. The first-order valence-corrected chi connectivity index (χ1v) is 9.28. The van der Waals surface area contributed by atoms with Crippen molar-refractivity contribution in [2.24, 2.45) is 0 Å². The van der Waals surface area contributed by atoms with E-state index < -0.39 is 0 Å². The minimum Gasteiger partial charge on any atom is -0.368 e. The van der Waals surface area contributed by atoms with Gasteiger partial charge in [0, 0.05) is 37.6 Å². The Balaban J connectivity index is 1.55. The summed E-state index contributed by atoms with van der Waals surface area (Å²) in [6.07, 6.45) is 0. The molecule has 27 heavy (non-hydrogen) atoms. The monoisotopic (exact) mass is 362 g/mol. The van der Waals surface area contributed by atoms with Gasteiger partial charge in [0.15, 0.2) is 0 Å². The highest BCUT2D eigenvalue weighted by atomic mass is 16.2. The number of carbonyl (C=O) groups is 1. The molecule has 0 aromatic heterocycles. The number of urea groups is 1. The lowest BCUT2D eigenvalue weighted by atomic mass is 9.87. The summed E-state index contributed by atoms with van der Waals surface area (Å²) >= 11 is 0. The predicted molar refractivity (Wildman–Crippen MR) is 109 cm³/mol. The van der Waals surface area contributed by atoms with Crippen LogP contribution in [0.4, 0.5) is 16.2 Å². The number of hydrogen-bond acceptors (Lipinski definition) is 3. The van der Waals surface area contributed by atoms with Crippen LogP contribution in [0.5, 0.6) is 0 Å². The summed E-state index contributed by atoms with van der Waals surface area (Å²) in [5, 5.41) is 11.7. The van der Waals surface area contributed by atoms with Gasteiger partial charge >= 0.3 is 6.03 Å². The van der Waals surface area contributed by atoms with Crippen LogP contribution in [0.2, 0.25) is 0 Å². The fourth-order valence-electron chi connectivity index (χ4n) is 3.17. The molecule has 2 aromatic carbocycles. The largest absolute Gasteiger partial charge is 0.368 e. The van der Waals surface area contributed by atoms with Crippen molar-refractivity contribution >= 4 is 17.4 Å². The van der Waals surface area contributed by atoms with E-state index in [1.807, 2.05) is 4.90 Å². The lowest BCUT2D eigenvalue weighted by Gasteiger charge is -2.36. The van der Waals surface area contributed by atoms with Crippen molar-refractivity contribution in [3.8, 4) is 6.07 Å². The zero-order chi connectivity index (χ0) is 19.4. The second-order valence-corrected chi connectivity index (χ2v) is 7.89. The maximum atomic E-state index is 12.5. The van der Waals surface area contributed by atoms with E-state index in [4.69, 9.17) is 5.26 Å². The van der Waals surface area contributed by atoms with Crippen LogP contribution in [0.1, 0.15) is 31.9 Å². The molecular weight excluding hydrogens is 336 g/mol. The molecule has 0 unspecified atom stereocenters. The summed E-state index contributed by atoms with van der Waals surface area (Å²) in [5.74, 6) is 0. The molecule has 5 heteroatoms. The van der Waals surface area contributed by atoms with E-state index in [9.17, 15) is 4.79 Å². The lowest BCUT2D eigenvalue weighted by molar-refractivity contribution is 0.208. The number of benzene rings is 2. The molecule has 1 saturated heterocycles. The fraction of sp³-hybridized carbons (Fsp3) is 0.364. The second kappa shape index (κ2) is 7.71. The molecule has 0 spiro atoms. The van der Waals surface area contributed by atoms with E-state index in [-0.39, 0.29) is 11.4 Å². The van der Waals surface area contributed by atoms with Crippen LogP contribution in [0.15, 0.2) is 48.5 Å². The molecule has 1 aliphatic rings. The molecule has 0 saturated carbocycles. The van der Waals surface area contributed by atoms with E-state index in [0.29, 0.717) is 24.3 Å². The SMILES string of the molecule is CC(C)(C)c1ccc(N2CCN(C(=O)Nc3ccc(C#N)cc3)CC2)cc1. The van der Waals surface area contributed by atoms with Gasteiger partial charge in [0.1, 0.15) is 0 Å². The van der Waals surface area contributed by atoms with E-state index in [0.717, 1.165) is 13.1 Å². The molecule has 0 bridgehead atoms. The first kappa shape index (κ1) is 18.8. The van der Waals surface area contributed by atoms with Crippen LogP contribution in [0.3, 0.4) is 0 Å². The smallest absolute Gasteiger partial charge is 0.321 e. The third-order valence-electron chi connectivity index (χ3n) is 4.93. The summed E-state index contributed by atoms with van der Waals surface area (Å²) in [7, 11) is 0. The number of nitriles is 1. The Bertz CT molecular complexity index is 821. The third kappa shape index (κ3) is 4.59. The maximum Gasteiger partial charge on any atom is 0.321 e.